The second-order valence-corrected chi connectivity index (χ2v) is 6.39. The van der Waals surface area contributed by atoms with Gasteiger partial charge in [-0.1, -0.05) is 30.3 Å². The maximum absolute atomic E-state index is 12.5. The van der Waals surface area contributed by atoms with Crippen LogP contribution in [0.1, 0.15) is 51.8 Å². The van der Waals surface area contributed by atoms with Gasteiger partial charge in [0, 0.05) is 25.1 Å². The Labute approximate surface area is 142 Å². The summed E-state index contributed by atoms with van der Waals surface area (Å²) in [6.45, 7) is 3.94. The van der Waals surface area contributed by atoms with E-state index in [0.717, 1.165) is 11.1 Å². The van der Waals surface area contributed by atoms with Crippen molar-refractivity contribution in [3.8, 4) is 0 Å². The Hall–Kier alpha value is -2.62. The predicted molar refractivity (Wildman–Crippen MR) is 92.0 cm³/mol. The molecule has 0 saturated heterocycles. The van der Waals surface area contributed by atoms with Crippen LogP contribution in [0.2, 0.25) is 0 Å². The Balaban J connectivity index is 1.92. The third kappa shape index (κ3) is 3.04. The summed E-state index contributed by atoms with van der Waals surface area (Å²) in [5, 5.41) is 0. The first-order valence-corrected chi connectivity index (χ1v) is 8.13. The van der Waals surface area contributed by atoms with Crippen LogP contribution in [0.5, 0.6) is 0 Å². The lowest BCUT2D eigenvalue weighted by molar-refractivity contribution is 0.0252. The van der Waals surface area contributed by atoms with E-state index >= 15 is 0 Å². The molecular formula is C20H21NO3. The lowest BCUT2D eigenvalue weighted by atomic mass is 9.93. The number of amides is 1. The average Bonchev–Trinajstić information content (AvgIpc) is 2.60. The highest BCUT2D eigenvalue weighted by molar-refractivity contribution is 5.97. The molecule has 1 aliphatic heterocycles. The summed E-state index contributed by atoms with van der Waals surface area (Å²) >= 11 is 0. The zero-order valence-corrected chi connectivity index (χ0v) is 14.2. The highest BCUT2D eigenvalue weighted by Gasteiger charge is 2.28. The van der Waals surface area contributed by atoms with Crippen molar-refractivity contribution in [3.05, 3.63) is 70.8 Å². The summed E-state index contributed by atoms with van der Waals surface area (Å²) in [4.78, 5) is 26.5. The quantitative estimate of drug-likeness (QED) is 0.811. The fourth-order valence-electron chi connectivity index (χ4n) is 2.82. The fraction of sp³-hybridized carbons (Fsp3) is 0.300. The van der Waals surface area contributed by atoms with Crippen LogP contribution >= 0.6 is 0 Å². The van der Waals surface area contributed by atoms with Crippen molar-refractivity contribution in [2.75, 3.05) is 7.05 Å². The van der Waals surface area contributed by atoms with Gasteiger partial charge in [-0.25, -0.2) is 4.79 Å². The Morgan fingerprint density at radius 1 is 1.17 bits per heavy atom. The third-order valence-electron chi connectivity index (χ3n) is 4.49. The minimum atomic E-state index is -0.332. The van der Waals surface area contributed by atoms with Gasteiger partial charge < -0.3 is 9.64 Å². The van der Waals surface area contributed by atoms with Crippen molar-refractivity contribution >= 4 is 11.9 Å². The second-order valence-electron chi connectivity index (χ2n) is 6.39. The minimum absolute atomic E-state index is 0.0389. The molecule has 1 amide bonds. The van der Waals surface area contributed by atoms with Crippen molar-refractivity contribution in [1.29, 1.82) is 0 Å². The molecular weight excluding hydrogens is 302 g/mol. The number of nitrogens with zero attached hydrogens (tertiary/aromatic N) is 1. The molecule has 0 saturated carbocycles. The smallest absolute Gasteiger partial charge is 0.339 e. The molecule has 3 rings (SSSR count). The molecule has 0 fully saturated rings. The van der Waals surface area contributed by atoms with E-state index in [9.17, 15) is 9.59 Å². The third-order valence-corrected chi connectivity index (χ3v) is 4.49. The zero-order chi connectivity index (χ0) is 17.3. The van der Waals surface area contributed by atoms with Gasteiger partial charge in [-0.3, -0.25) is 4.79 Å². The summed E-state index contributed by atoms with van der Waals surface area (Å²) in [5.74, 6) is -0.371. The van der Waals surface area contributed by atoms with Gasteiger partial charge in [0.05, 0.1) is 5.56 Å². The van der Waals surface area contributed by atoms with Crippen LogP contribution in [0.15, 0.2) is 48.5 Å². The number of fused-ring (bicyclic) bond motifs is 1. The molecule has 0 aromatic heterocycles. The lowest BCUT2D eigenvalue weighted by Gasteiger charge is -2.26. The van der Waals surface area contributed by atoms with Crippen LogP contribution in [0.4, 0.5) is 0 Å². The maximum Gasteiger partial charge on any atom is 0.339 e. The summed E-state index contributed by atoms with van der Waals surface area (Å²) < 4.78 is 5.55. The SMILES string of the molecule is CC(C)N(C)C(=O)c1ccc2c(c1)CC(c1ccccc1)OC2=O. The van der Waals surface area contributed by atoms with Gasteiger partial charge >= 0.3 is 5.97 Å². The van der Waals surface area contributed by atoms with Crippen LogP contribution < -0.4 is 0 Å². The lowest BCUT2D eigenvalue weighted by Crippen LogP contribution is -2.33. The summed E-state index contributed by atoms with van der Waals surface area (Å²) in [7, 11) is 1.79. The number of hydrogen-bond donors (Lipinski definition) is 0. The number of cyclic esters (lactones) is 1. The minimum Gasteiger partial charge on any atom is -0.454 e. The monoisotopic (exact) mass is 323 g/mol. The molecule has 0 bridgehead atoms. The van der Waals surface area contributed by atoms with Crippen LogP contribution in [-0.4, -0.2) is 29.9 Å². The molecule has 0 N–H and O–H groups in total. The van der Waals surface area contributed by atoms with Gasteiger partial charge in [0.25, 0.3) is 5.91 Å². The predicted octanol–water partition coefficient (Wildman–Crippen LogP) is 3.62. The van der Waals surface area contributed by atoms with Crippen LogP contribution in [-0.2, 0) is 11.2 Å². The maximum atomic E-state index is 12.5. The van der Waals surface area contributed by atoms with Gasteiger partial charge in [-0.15, -0.1) is 0 Å². The van der Waals surface area contributed by atoms with Gasteiger partial charge in [0.1, 0.15) is 6.10 Å². The van der Waals surface area contributed by atoms with Crippen LogP contribution in [0.25, 0.3) is 0 Å². The number of carbonyl (C=O) groups is 2. The molecule has 4 nitrogen and oxygen atoms in total. The Morgan fingerprint density at radius 2 is 1.88 bits per heavy atom. The molecule has 1 unspecified atom stereocenters. The van der Waals surface area contributed by atoms with E-state index in [2.05, 4.69) is 0 Å². The zero-order valence-electron chi connectivity index (χ0n) is 14.2. The normalized spacial score (nSPS) is 16.5. The summed E-state index contributed by atoms with van der Waals surface area (Å²) in [6, 6.07) is 15.0. The number of rotatable bonds is 3. The number of carbonyl (C=O) groups excluding carboxylic acids is 2. The number of benzene rings is 2. The van der Waals surface area contributed by atoms with Crippen molar-refractivity contribution in [1.82, 2.24) is 4.90 Å². The average molecular weight is 323 g/mol. The Bertz CT molecular complexity index is 768. The van der Waals surface area contributed by atoms with Crippen LogP contribution in [0, 0.1) is 0 Å². The molecule has 4 heteroatoms. The van der Waals surface area contributed by atoms with E-state index in [0.29, 0.717) is 17.5 Å². The molecule has 24 heavy (non-hydrogen) atoms. The molecule has 0 radical (unpaired) electrons. The highest BCUT2D eigenvalue weighted by Crippen LogP contribution is 2.31. The molecule has 1 aliphatic rings. The standard InChI is InChI=1S/C20H21NO3/c1-13(2)21(3)19(22)15-9-10-17-16(11-15)12-18(24-20(17)23)14-7-5-4-6-8-14/h4-11,13,18H,12H2,1-3H3. The van der Waals surface area contributed by atoms with Gasteiger partial charge in [0.15, 0.2) is 0 Å². The van der Waals surface area contributed by atoms with Crippen molar-refractivity contribution in [3.63, 3.8) is 0 Å². The first-order valence-electron chi connectivity index (χ1n) is 8.13. The van der Waals surface area contributed by atoms with Gasteiger partial charge in [-0.05, 0) is 43.2 Å². The molecule has 0 spiro atoms. The van der Waals surface area contributed by atoms with E-state index in [-0.39, 0.29) is 24.0 Å². The second kappa shape index (κ2) is 6.48. The van der Waals surface area contributed by atoms with E-state index in [1.165, 1.54) is 0 Å². The van der Waals surface area contributed by atoms with Crippen LogP contribution in [0.3, 0.4) is 0 Å². The Morgan fingerprint density at radius 3 is 2.54 bits per heavy atom. The molecule has 2 aromatic carbocycles. The molecule has 0 aliphatic carbocycles. The largest absolute Gasteiger partial charge is 0.454 e. The topological polar surface area (TPSA) is 46.6 Å². The van der Waals surface area contributed by atoms with Crippen molar-refractivity contribution < 1.29 is 14.3 Å². The fourth-order valence-corrected chi connectivity index (χ4v) is 2.82. The highest BCUT2D eigenvalue weighted by atomic mass is 16.5. The molecule has 124 valence electrons. The van der Waals surface area contributed by atoms with E-state index in [4.69, 9.17) is 4.74 Å². The number of ether oxygens (including phenoxy) is 1. The molecule has 1 atom stereocenters. The van der Waals surface area contributed by atoms with Gasteiger partial charge in [0.2, 0.25) is 0 Å². The van der Waals surface area contributed by atoms with E-state index in [1.807, 2.05) is 50.2 Å². The molecule has 2 aromatic rings. The number of esters is 1. The van der Waals surface area contributed by atoms with Crippen molar-refractivity contribution in [2.45, 2.75) is 32.4 Å². The van der Waals surface area contributed by atoms with E-state index < -0.39 is 0 Å². The summed E-state index contributed by atoms with van der Waals surface area (Å²) in [5.41, 5.74) is 2.98. The summed E-state index contributed by atoms with van der Waals surface area (Å²) in [6.07, 6.45) is 0.275. The first kappa shape index (κ1) is 16.2. The molecule has 1 heterocycles. The Kier molecular flexibility index (Phi) is 4.38. The van der Waals surface area contributed by atoms with E-state index in [1.54, 1.807) is 24.1 Å². The number of hydrogen-bond acceptors (Lipinski definition) is 3. The van der Waals surface area contributed by atoms with Crippen molar-refractivity contribution in [2.24, 2.45) is 0 Å². The first-order chi connectivity index (χ1) is 11.5. The van der Waals surface area contributed by atoms with Gasteiger partial charge in [-0.2, -0.15) is 0 Å².